The van der Waals surface area contributed by atoms with Crippen LogP contribution in [0.1, 0.15) is 24.8 Å². The number of benzene rings is 1. The Bertz CT molecular complexity index is 315. The minimum Gasteiger partial charge on any atom is -0.369 e. The summed E-state index contributed by atoms with van der Waals surface area (Å²) in [4.78, 5) is 0. The zero-order chi connectivity index (χ0) is 12.0. The van der Waals surface area contributed by atoms with Gasteiger partial charge in [0.25, 0.3) is 0 Å². The van der Waals surface area contributed by atoms with Gasteiger partial charge in [0.2, 0.25) is 0 Å². The molecule has 3 nitrogen and oxygen atoms in total. The summed E-state index contributed by atoms with van der Waals surface area (Å²) in [6.07, 6.45) is 3.23. The Morgan fingerprint density at radius 1 is 1.29 bits per heavy atom. The van der Waals surface area contributed by atoms with Crippen LogP contribution >= 0.6 is 0 Å². The molecular formula is C14H22N2O. The van der Waals surface area contributed by atoms with Gasteiger partial charge >= 0.3 is 0 Å². The SMILES string of the molecule is NCCC1(OCc2ccccc2)CCCNC1. The maximum absolute atomic E-state index is 6.15. The predicted molar refractivity (Wildman–Crippen MR) is 69.7 cm³/mol. The fourth-order valence-corrected chi connectivity index (χ4v) is 2.42. The van der Waals surface area contributed by atoms with Gasteiger partial charge in [-0.05, 0) is 37.9 Å². The molecule has 1 heterocycles. The molecule has 0 spiro atoms. The van der Waals surface area contributed by atoms with Crippen LogP contribution < -0.4 is 11.1 Å². The summed E-state index contributed by atoms with van der Waals surface area (Å²) >= 11 is 0. The van der Waals surface area contributed by atoms with Crippen molar-refractivity contribution in [2.24, 2.45) is 5.73 Å². The lowest BCUT2D eigenvalue weighted by molar-refractivity contribution is -0.0746. The van der Waals surface area contributed by atoms with Crippen LogP contribution in [0.25, 0.3) is 0 Å². The van der Waals surface area contributed by atoms with Gasteiger partial charge in [0, 0.05) is 6.54 Å². The van der Waals surface area contributed by atoms with Gasteiger partial charge in [0.05, 0.1) is 12.2 Å². The second-order valence-electron chi connectivity index (χ2n) is 4.78. The van der Waals surface area contributed by atoms with E-state index in [-0.39, 0.29) is 5.60 Å². The molecule has 3 N–H and O–H groups in total. The average Bonchev–Trinajstić information content (AvgIpc) is 2.39. The lowest BCUT2D eigenvalue weighted by atomic mass is 9.90. The molecule has 0 saturated carbocycles. The lowest BCUT2D eigenvalue weighted by Gasteiger charge is -2.37. The summed E-state index contributed by atoms with van der Waals surface area (Å²) in [6, 6.07) is 10.3. The van der Waals surface area contributed by atoms with Gasteiger partial charge in [0.15, 0.2) is 0 Å². The average molecular weight is 234 g/mol. The molecule has 3 heteroatoms. The summed E-state index contributed by atoms with van der Waals surface area (Å²) in [7, 11) is 0. The van der Waals surface area contributed by atoms with Gasteiger partial charge in [-0.25, -0.2) is 0 Å². The molecule has 1 fully saturated rings. The van der Waals surface area contributed by atoms with Gasteiger partial charge in [-0.15, -0.1) is 0 Å². The van der Waals surface area contributed by atoms with Crippen molar-refractivity contribution in [3.05, 3.63) is 35.9 Å². The molecule has 1 aliphatic rings. The van der Waals surface area contributed by atoms with Crippen LogP contribution in [0.3, 0.4) is 0 Å². The maximum atomic E-state index is 6.15. The van der Waals surface area contributed by atoms with Crippen LogP contribution in [-0.2, 0) is 11.3 Å². The number of nitrogens with two attached hydrogens (primary N) is 1. The Morgan fingerprint density at radius 3 is 2.76 bits per heavy atom. The Kier molecular flexibility index (Phi) is 4.54. The van der Waals surface area contributed by atoms with E-state index < -0.39 is 0 Å². The molecule has 1 aromatic carbocycles. The highest BCUT2D eigenvalue weighted by atomic mass is 16.5. The minimum absolute atomic E-state index is 0.0527. The zero-order valence-electron chi connectivity index (χ0n) is 10.3. The van der Waals surface area contributed by atoms with Gasteiger partial charge in [-0.1, -0.05) is 30.3 Å². The number of nitrogens with one attached hydrogen (secondary N) is 1. The largest absolute Gasteiger partial charge is 0.369 e. The minimum atomic E-state index is -0.0527. The molecule has 94 valence electrons. The standard InChI is InChI=1S/C14H22N2O/c15-9-8-14(7-4-10-16-12-14)17-11-13-5-2-1-3-6-13/h1-3,5-6,16H,4,7-12,15H2. The maximum Gasteiger partial charge on any atom is 0.0823 e. The number of piperidine rings is 1. The summed E-state index contributed by atoms with van der Waals surface area (Å²) < 4.78 is 6.15. The van der Waals surface area contributed by atoms with E-state index in [2.05, 4.69) is 17.4 Å². The number of rotatable bonds is 5. The molecule has 0 aliphatic carbocycles. The number of ether oxygens (including phenoxy) is 1. The van der Waals surface area contributed by atoms with Gasteiger partial charge in [-0.3, -0.25) is 0 Å². The second kappa shape index (κ2) is 6.15. The Morgan fingerprint density at radius 2 is 2.12 bits per heavy atom. The van der Waals surface area contributed by atoms with Crippen molar-refractivity contribution in [1.29, 1.82) is 0 Å². The van der Waals surface area contributed by atoms with Crippen molar-refractivity contribution in [3.8, 4) is 0 Å². The number of hydrogen-bond donors (Lipinski definition) is 2. The summed E-state index contributed by atoms with van der Waals surface area (Å²) in [5.74, 6) is 0. The van der Waals surface area contributed by atoms with E-state index in [4.69, 9.17) is 10.5 Å². The van der Waals surface area contributed by atoms with Gasteiger partial charge in [-0.2, -0.15) is 0 Å². The summed E-state index contributed by atoms with van der Waals surface area (Å²) in [5, 5.41) is 3.42. The van der Waals surface area contributed by atoms with E-state index >= 15 is 0 Å². The molecule has 17 heavy (non-hydrogen) atoms. The van der Waals surface area contributed by atoms with E-state index in [1.807, 2.05) is 18.2 Å². The van der Waals surface area contributed by atoms with Crippen LogP contribution in [-0.4, -0.2) is 25.2 Å². The highest BCUT2D eigenvalue weighted by Gasteiger charge is 2.31. The summed E-state index contributed by atoms with van der Waals surface area (Å²) in [6.45, 7) is 3.40. The third-order valence-corrected chi connectivity index (χ3v) is 3.42. The highest BCUT2D eigenvalue weighted by Crippen LogP contribution is 2.25. The van der Waals surface area contributed by atoms with Crippen molar-refractivity contribution in [3.63, 3.8) is 0 Å². The Labute approximate surface area is 103 Å². The molecule has 2 rings (SSSR count). The second-order valence-corrected chi connectivity index (χ2v) is 4.78. The van der Waals surface area contributed by atoms with E-state index in [0.29, 0.717) is 13.2 Å². The molecule has 1 unspecified atom stereocenters. The Balaban J connectivity index is 1.93. The lowest BCUT2D eigenvalue weighted by Crippen LogP contribution is -2.48. The summed E-state index contributed by atoms with van der Waals surface area (Å²) in [5.41, 5.74) is 6.88. The van der Waals surface area contributed by atoms with Crippen molar-refractivity contribution in [2.45, 2.75) is 31.5 Å². The fourth-order valence-electron chi connectivity index (χ4n) is 2.42. The monoisotopic (exact) mass is 234 g/mol. The van der Waals surface area contributed by atoms with Crippen LogP contribution in [0.2, 0.25) is 0 Å². The smallest absolute Gasteiger partial charge is 0.0823 e. The van der Waals surface area contributed by atoms with Crippen molar-refractivity contribution in [1.82, 2.24) is 5.32 Å². The highest BCUT2D eigenvalue weighted by molar-refractivity contribution is 5.13. The molecule has 1 saturated heterocycles. The van der Waals surface area contributed by atoms with E-state index in [1.165, 1.54) is 12.0 Å². The Hall–Kier alpha value is -0.900. The molecule has 0 bridgehead atoms. The van der Waals surface area contributed by atoms with Crippen molar-refractivity contribution in [2.75, 3.05) is 19.6 Å². The van der Waals surface area contributed by atoms with Crippen molar-refractivity contribution >= 4 is 0 Å². The molecule has 1 aliphatic heterocycles. The third kappa shape index (κ3) is 3.53. The predicted octanol–water partition coefficient (Wildman–Crippen LogP) is 1.67. The zero-order valence-corrected chi connectivity index (χ0v) is 10.3. The first-order valence-electron chi connectivity index (χ1n) is 6.43. The molecule has 1 atom stereocenters. The van der Waals surface area contributed by atoms with Crippen molar-refractivity contribution < 1.29 is 4.74 Å². The quantitative estimate of drug-likeness (QED) is 0.815. The first kappa shape index (κ1) is 12.6. The topological polar surface area (TPSA) is 47.3 Å². The molecule has 0 radical (unpaired) electrons. The first-order valence-corrected chi connectivity index (χ1v) is 6.43. The van der Waals surface area contributed by atoms with Crippen LogP contribution in [0.5, 0.6) is 0 Å². The third-order valence-electron chi connectivity index (χ3n) is 3.42. The van der Waals surface area contributed by atoms with E-state index in [1.54, 1.807) is 0 Å². The van der Waals surface area contributed by atoms with Gasteiger partial charge < -0.3 is 15.8 Å². The van der Waals surface area contributed by atoms with Crippen LogP contribution in [0.15, 0.2) is 30.3 Å². The van der Waals surface area contributed by atoms with Crippen LogP contribution in [0.4, 0.5) is 0 Å². The van der Waals surface area contributed by atoms with E-state index in [0.717, 1.165) is 25.9 Å². The normalized spacial score (nSPS) is 24.8. The molecule has 0 aromatic heterocycles. The van der Waals surface area contributed by atoms with Crippen LogP contribution in [0, 0.1) is 0 Å². The number of hydrogen-bond acceptors (Lipinski definition) is 3. The molecule has 0 amide bonds. The van der Waals surface area contributed by atoms with E-state index in [9.17, 15) is 0 Å². The fraction of sp³-hybridized carbons (Fsp3) is 0.571. The molecule has 1 aromatic rings. The van der Waals surface area contributed by atoms with Gasteiger partial charge in [0.1, 0.15) is 0 Å². The first-order chi connectivity index (χ1) is 8.35. The molecular weight excluding hydrogens is 212 g/mol.